The maximum absolute atomic E-state index is 12.8. The number of aliphatic hydroxyl groups is 1. The van der Waals surface area contributed by atoms with E-state index in [4.69, 9.17) is 19.8 Å². The second-order valence-corrected chi connectivity index (χ2v) is 9.15. The van der Waals surface area contributed by atoms with Crippen LogP contribution in [0.5, 0.6) is 11.5 Å². The minimum Gasteiger partial charge on any atom is -0.508 e. The molecule has 0 aliphatic carbocycles. The fourth-order valence-corrected chi connectivity index (χ4v) is 4.17. The van der Waals surface area contributed by atoms with Crippen molar-refractivity contribution in [2.75, 3.05) is 32.8 Å². The molecule has 1 saturated heterocycles. The van der Waals surface area contributed by atoms with Gasteiger partial charge in [-0.1, -0.05) is 43.3 Å². The number of carbonyl (C=O) groups excluding carboxylic acids is 1. The number of aromatic nitrogens is 1. The van der Waals surface area contributed by atoms with Crippen LogP contribution in [0, 0.1) is 5.41 Å². The summed E-state index contributed by atoms with van der Waals surface area (Å²) in [6.45, 7) is 10.3. The predicted molar refractivity (Wildman–Crippen MR) is 145 cm³/mol. The number of carbonyl (C=O) groups is 1. The van der Waals surface area contributed by atoms with E-state index < -0.39 is 5.80 Å². The van der Waals surface area contributed by atoms with Gasteiger partial charge in [0, 0.05) is 65.0 Å². The van der Waals surface area contributed by atoms with Gasteiger partial charge < -0.3 is 29.9 Å². The predicted octanol–water partition coefficient (Wildman–Crippen LogP) is 3.77. The Morgan fingerprint density at radius 2 is 1.77 bits per heavy atom. The van der Waals surface area contributed by atoms with Crippen LogP contribution in [0.25, 0.3) is 22.5 Å². The third-order valence-corrected chi connectivity index (χ3v) is 6.01. The minimum atomic E-state index is -0.833. The number of phenolic OH excluding ortho intramolecular Hbond substituents is 2. The number of rotatable bonds is 7. The standard InChI is InChI=1S/C26H31N3O5.CH2BNO.Y/c1-4-27-26(32)24-23(18-7-5-17(6-8-18)15-29-9-11-33-12-10-29)25(34-28-24)20-13-19(16(2)3)21(30)14-22(20)31;2-1(3)4;/h5-8,13-14,16,30-31H,4,9-12,15H2,1-3H3,(H,27,32);(H2,3,4);. The van der Waals surface area contributed by atoms with Gasteiger partial charge in [-0.3, -0.25) is 15.1 Å². The van der Waals surface area contributed by atoms with E-state index in [1.54, 1.807) is 6.07 Å². The fourth-order valence-electron chi connectivity index (χ4n) is 4.17. The van der Waals surface area contributed by atoms with Crippen molar-refractivity contribution in [1.82, 2.24) is 15.4 Å². The van der Waals surface area contributed by atoms with Crippen molar-refractivity contribution >= 4 is 19.6 Å². The van der Waals surface area contributed by atoms with Crippen molar-refractivity contribution < 1.29 is 62.1 Å². The van der Waals surface area contributed by atoms with Crippen LogP contribution in [0.1, 0.15) is 48.3 Å². The molecule has 2 heterocycles. The maximum atomic E-state index is 12.8. The number of benzene rings is 2. The van der Waals surface area contributed by atoms with Crippen molar-refractivity contribution in [3.8, 4) is 33.9 Å². The molecule has 3 aromatic rings. The zero-order valence-corrected chi connectivity index (χ0v) is 25.2. The second-order valence-electron chi connectivity index (χ2n) is 9.15. The van der Waals surface area contributed by atoms with E-state index in [-0.39, 0.29) is 67.5 Å². The average molecular weight is 609 g/mol. The van der Waals surface area contributed by atoms with Crippen molar-refractivity contribution in [3.05, 3.63) is 53.2 Å². The molecule has 39 heavy (non-hydrogen) atoms. The zero-order chi connectivity index (χ0) is 27.8. The molecule has 1 amide bonds. The summed E-state index contributed by atoms with van der Waals surface area (Å²) in [5.41, 5.74) is 3.59. The van der Waals surface area contributed by atoms with Crippen LogP contribution < -0.4 is 5.32 Å². The van der Waals surface area contributed by atoms with Gasteiger partial charge in [-0.2, -0.15) is 0 Å². The molecule has 0 bridgehead atoms. The molecule has 2 aromatic carbocycles. The molecule has 0 atom stereocenters. The first-order valence-electron chi connectivity index (χ1n) is 12.4. The van der Waals surface area contributed by atoms with Gasteiger partial charge in [-0.15, -0.1) is 0 Å². The first-order valence-corrected chi connectivity index (χ1v) is 12.4. The molecular weight excluding hydrogens is 576 g/mol. The van der Waals surface area contributed by atoms with E-state index in [1.165, 1.54) is 6.07 Å². The number of nitrogens with zero attached hydrogens (tertiary/aromatic N) is 2. The maximum Gasteiger partial charge on any atom is 0.274 e. The SMILES string of the molecule is CCNC(=O)c1noc(-c2cc(C(C)C)c(O)cc2O)c1-c1ccc(CN2CCOCC2)cc1.[B]C(=N)O.[Y]. The van der Waals surface area contributed by atoms with Gasteiger partial charge in [-0.25, -0.2) is 0 Å². The summed E-state index contributed by atoms with van der Waals surface area (Å²) in [4.78, 5) is 15.1. The molecule has 0 spiro atoms. The number of phenols is 2. The van der Waals surface area contributed by atoms with E-state index >= 15 is 0 Å². The van der Waals surface area contributed by atoms with Gasteiger partial charge in [0.25, 0.3) is 5.91 Å². The molecule has 3 radical (unpaired) electrons. The molecule has 203 valence electrons. The summed E-state index contributed by atoms with van der Waals surface area (Å²) in [6, 6.07) is 10.9. The molecule has 5 N–H and O–H groups in total. The number of morpholine rings is 1. The van der Waals surface area contributed by atoms with Gasteiger partial charge in [0.15, 0.2) is 19.3 Å². The Labute approximate surface area is 254 Å². The second kappa shape index (κ2) is 15.2. The number of hydrogen-bond donors (Lipinski definition) is 5. The number of ether oxygens (including phenoxy) is 1. The van der Waals surface area contributed by atoms with E-state index in [0.29, 0.717) is 23.2 Å². The molecule has 10 nitrogen and oxygen atoms in total. The van der Waals surface area contributed by atoms with Crippen LogP contribution in [0.3, 0.4) is 0 Å². The van der Waals surface area contributed by atoms with E-state index in [2.05, 4.69) is 23.2 Å². The number of hydrogen-bond acceptors (Lipinski definition) is 8. The van der Waals surface area contributed by atoms with E-state index in [9.17, 15) is 15.0 Å². The van der Waals surface area contributed by atoms with E-state index in [1.807, 2.05) is 45.0 Å². The monoisotopic (exact) mass is 609 g/mol. The minimum absolute atomic E-state index is 0. The first kappa shape index (κ1) is 32.5. The summed E-state index contributed by atoms with van der Waals surface area (Å²) >= 11 is 0. The Morgan fingerprint density at radius 3 is 2.33 bits per heavy atom. The van der Waals surface area contributed by atoms with Crippen LogP contribution in [-0.2, 0) is 44.0 Å². The van der Waals surface area contributed by atoms with Crippen LogP contribution >= 0.6 is 0 Å². The normalized spacial score (nSPS) is 13.2. The van der Waals surface area contributed by atoms with Gasteiger partial charge >= 0.3 is 0 Å². The summed E-state index contributed by atoms with van der Waals surface area (Å²) < 4.78 is 11.1. The zero-order valence-electron chi connectivity index (χ0n) is 22.4. The molecule has 1 aromatic heterocycles. The third-order valence-electron chi connectivity index (χ3n) is 6.01. The van der Waals surface area contributed by atoms with E-state index in [0.717, 1.165) is 44.0 Å². The number of nitrogens with one attached hydrogen (secondary N) is 2. The number of aliphatic hydroxyl groups excluding tert-OH is 1. The van der Waals surface area contributed by atoms with Crippen molar-refractivity contribution in [2.24, 2.45) is 0 Å². The van der Waals surface area contributed by atoms with Gasteiger partial charge in [0.05, 0.1) is 24.3 Å². The van der Waals surface area contributed by atoms with Gasteiger partial charge in [-0.05, 0) is 35.6 Å². The van der Waals surface area contributed by atoms with Crippen LogP contribution in [0.2, 0.25) is 0 Å². The van der Waals surface area contributed by atoms with Crippen LogP contribution in [-0.4, -0.2) is 77.8 Å². The molecule has 0 saturated carbocycles. The van der Waals surface area contributed by atoms with Crippen molar-refractivity contribution in [3.63, 3.8) is 0 Å². The van der Waals surface area contributed by atoms with Crippen molar-refractivity contribution in [2.45, 2.75) is 33.2 Å². The Kier molecular flexibility index (Phi) is 12.6. The summed E-state index contributed by atoms with van der Waals surface area (Å²) in [6.07, 6.45) is 0. The quantitative estimate of drug-likeness (QED) is 0.154. The summed E-state index contributed by atoms with van der Waals surface area (Å²) in [5, 5.41) is 41.0. The molecule has 4 rings (SSSR count). The Bertz CT molecular complexity index is 1260. The van der Waals surface area contributed by atoms with Crippen LogP contribution in [0.4, 0.5) is 0 Å². The Hall–Kier alpha value is -2.72. The summed E-state index contributed by atoms with van der Waals surface area (Å²) in [5.74, 6) is -1.03. The molecule has 0 unspecified atom stereocenters. The number of aromatic hydroxyl groups is 2. The average Bonchev–Trinajstić information content (AvgIpc) is 3.30. The molecule has 1 aliphatic heterocycles. The Morgan fingerprint density at radius 1 is 1.15 bits per heavy atom. The first-order chi connectivity index (χ1) is 18.1. The number of amides is 1. The fraction of sp³-hybridized carbons (Fsp3) is 0.370. The molecule has 1 fully saturated rings. The molecule has 12 heteroatoms. The van der Waals surface area contributed by atoms with Gasteiger partial charge in [0.2, 0.25) is 0 Å². The topological polar surface area (TPSA) is 152 Å². The van der Waals surface area contributed by atoms with Gasteiger partial charge in [0.1, 0.15) is 17.3 Å². The largest absolute Gasteiger partial charge is 0.508 e. The smallest absolute Gasteiger partial charge is 0.274 e. The molecular formula is C27H33BN4O6Y. The Balaban J connectivity index is 0.000000998. The third kappa shape index (κ3) is 8.63. The molecule has 1 aliphatic rings. The van der Waals surface area contributed by atoms with Crippen LogP contribution in [0.15, 0.2) is 40.9 Å². The summed E-state index contributed by atoms with van der Waals surface area (Å²) in [7, 11) is 4.25. The van der Waals surface area contributed by atoms with Crippen molar-refractivity contribution in [1.29, 1.82) is 5.41 Å².